The fourth-order valence-electron chi connectivity index (χ4n) is 2.49. The van der Waals surface area contributed by atoms with Crippen molar-refractivity contribution in [2.75, 3.05) is 18.1 Å². The molecular formula is C12H15NO. The summed E-state index contributed by atoms with van der Waals surface area (Å²) in [5.74, 6) is 1.06. The van der Waals surface area contributed by atoms with Gasteiger partial charge in [0.05, 0.1) is 11.7 Å². The summed E-state index contributed by atoms with van der Waals surface area (Å²) < 4.78 is 5.75. The lowest BCUT2D eigenvalue weighted by atomic mass is 10.0. The third kappa shape index (κ3) is 1.17. The summed E-state index contributed by atoms with van der Waals surface area (Å²) in [7, 11) is 0. The van der Waals surface area contributed by atoms with Gasteiger partial charge >= 0.3 is 0 Å². The van der Waals surface area contributed by atoms with Crippen molar-refractivity contribution in [1.82, 2.24) is 0 Å². The second kappa shape index (κ2) is 3.19. The summed E-state index contributed by atoms with van der Waals surface area (Å²) in [4.78, 5) is 2.52. The van der Waals surface area contributed by atoms with Crippen LogP contribution in [0.4, 0.5) is 5.69 Å². The second-order valence-electron chi connectivity index (χ2n) is 4.12. The van der Waals surface area contributed by atoms with Crippen LogP contribution in [0.2, 0.25) is 0 Å². The third-order valence-corrected chi connectivity index (χ3v) is 3.23. The van der Waals surface area contributed by atoms with Crippen molar-refractivity contribution in [1.29, 1.82) is 0 Å². The van der Waals surface area contributed by atoms with Crippen molar-refractivity contribution in [3.63, 3.8) is 0 Å². The van der Waals surface area contributed by atoms with Gasteiger partial charge in [-0.25, -0.2) is 0 Å². The molecule has 0 saturated carbocycles. The van der Waals surface area contributed by atoms with E-state index in [9.17, 15) is 0 Å². The largest absolute Gasteiger partial charge is 0.489 e. The average molecular weight is 189 g/mol. The molecule has 2 heteroatoms. The van der Waals surface area contributed by atoms with Crippen LogP contribution in [0.15, 0.2) is 24.3 Å². The highest BCUT2D eigenvalue weighted by molar-refractivity contribution is 5.60. The first-order valence-electron chi connectivity index (χ1n) is 5.43. The number of fused-ring (bicyclic) bond motifs is 3. The van der Waals surface area contributed by atoms with Gasteiger partial charge < -0.3 is 9.64 Å². The minimum Gasteiger partial charge on any atom is -0.489 e. The zero-order valence-corrected chi connectivity index (χ0v) is 8.28. The van der Waals surface area contributed by atoms with Crippen LogP contribution < -0.4 is 9.64 Å². The van der Waals surface area contributed by atoms with E-state index in [-0.39, 0.29) is 0 Å². The van der Waals surface area contributed by atoms with E-state index in [1.165, 1.54) is 31.5 Å². The molecule has 2 nitrogen and oxygen atoms in total. The van der Waals surface area contributed by atoms with E-state index < -0.39 is 0 Å². The number of benzene rings is 1. The molecular weight excluding hydrogens is 174 g/mol. The van der Waals surface area contributed by atoms with Gasteiger partial charge in [-0.1, -0.05) is 12.1 Å². The monoisotopic (exact) mass is 189 g/mol. The van der Waals surface area contributed by atoms with Crippen molar-refractivity contribution in [2.24, 2.45) is 0 Å². The Labute approximate surface area is 84.5 Å². The Hall–Kier alpha value is -1.18. The molecule has 1 fully saturated rings. The Morgan fingerprint density at radius 1 is 1.21 bits per heavy atom. The van der Waals surface area contributed by atoms with Gasteiger partial charge in [-0.2, -0.15) is 0 Å². The first-order chi connectivity index (χ1) is 6.95. The highest BCUT2D eigenvalue weighted by atomic mass is 16.5. The molecule has 0 amide bonds. The minimum atomic E-state index is 0.624. The van der Waals surface area contributed by atoms with Crippen molar-refractivity contribution in [3.8, 4) is 5.75 Å². The topological polar surface area (TPSA) is 12.5 Å². The number of hydrogen-bond acceptors (Lipinski definition) is 2. The molecule has 2 aliphatic rings. The Kier molecular flexibility index (Phi) is 1.86. The lowest BCUT2D eigenvalue weighted by Crippen LogP contribution is -2.46. The van der Waals surface area contributed by atoms with Crippen LogP contribution in [-0.4, -0.2) is 19.2 Å². The standard InChI is InChI=1S/C12H15NO/c1-2-7-12-11(6-1)13-8-4-3-5-10(13)9-14-12/h1-2,6-7,10H,3-5,8-9H2. The molecule has 1 saturated heterocycles. The van der Waals surface area contributed by atoms with Crippen LogP contribution in [0, 0.1) is 0 Å². The summed E-state index contributed by atoms with van der Waals surface area (Å²) in [6.45, 7) is 2.07. The molecule has 14 heavy (non-hydrogen) atoms. The van der Waals surface area contributed by atoms with E-state index in [4.69, 9.17) is 4.74 Å². The van der Waals surface area contributed by atoms with Gasteiger partial charge in [-0.3, -0.25) is 0 Å². The van der Waals surface area contributed by atoms with Gasteiger partial charge in [0.2, 0.25) is 0 Å². The van der Waals surface area contributed by atoms with E-state index in [2.05, 4.69) is 23.1 Å². The fourth-order valence-corrected chi connectivity index (χ4v) is 2.49. The van der Waals surface area contributed by atoms with Gasteiger partial charge in [0.1, 0.15) is 12.4 Å². The number of ether oxygens (including phenoxy) is 1. The zero-order chi connectivity index (χ0) is 9.38. The van der Waals surface area contributed by atoms with Gasteiger partial charge in [0.25, 0.3) is 0 Å². The van der Waals surface area contributed by atoms with E-state index in [1.54, 1.807) is 0 Å². The van der Waals surface area contributed by atoms with E-state index in [0.717, 1.165) is 12.4 Å². The lowest BCUT2D eigenvalue weighted by molar-refractivity contribution is 0.240. The highest BCUT2D eigenvalue weighted by Crippen LogP contribution is 2.36. The number of piperidine rings is 1. The number of rotatable bonds is 0. The molecule has 0 aromatic heterocycles. The Bertz CT molecular complexity index is 337. The van der Waals surface area contributed by atoms with E-state index >= 15 is 0 Å². The SMILES string of the molecule is c1ccc2c(c1)OCC1CCCCN21. The maximum Gasteiger partial charge on any atom is 0.142 e. The molecule has 1 aromatic carbocycles. The molecule has 0 spiro atoms. The molecule has 0 bridgehead atoms. The Morgan fingerprint density at radius 3 is 3.14 bits per heavy atom. The molecule has 2 aliphatic heterocycles. The number of para-hydroxylation sites is 2. The van der Waals surface area contributed by atoms with E-state index in [0.29, 0.717) is 6.04 Å². The molecule has 1 atom stereocenters. The summed E-state index contributed by atoms with van der Waals surface area (Å²) >= 11 is 0. The lowest BCUT2D eigenvalue weighted by Gasteiger charge is -2.41. The average Bonchev–Trinajstić information content (AvgIpc) is 2.29. The molecule has 0 radical (unpaired) electrons. The van der Waals surface area contributed by atoms with Crippen LogP contribution in [0.3, 0.4) is 0 Å². The number of hydrogen-bond donors (Lipinski definition) is 0. The predicted octanol–water partition coefficient (Wildman–Crippen LogP) is 2.44. The summed E-state index contributed by atoms with van der Waals surface area (Å²) in [5, 5.41) is 0. The first kappa shape index (κ1) is 8.16. The number of nitrogens with zero attached hydrogens (tertiary/aromatic N) is 1. The zero-order valence-electron chi connectivity index (χ0n) is 8.28. The quantitative estimate of drug-likeness (QED) is 0.621. The molecule has 1 unspecified atom stereocenters. The van der Waals surface area contributed by atoms with Crippen LogP contribution in [0.25, 0.3) is 0 Å². The van der Waals surface area contributed by atoms with Crippen molar-refractivity contribution < 1.29 is 4.74 Å². The normalized spacial score (nSPS) is 24.9. The molecule has 2 heterocycles. The molecule has 1 aromatic rings. The van der Waals surface area contributed by atoms with Gasteiger partial charge in [0.15, 0.2) is 0 Å². The van der Waals surface area contributed by atoms with Gasteiger partial charge in [0, 0.05) is 6.54 Å². The minimum absolute atomic E-state index is 0.624. The maximum absolute atomic E-state index is 5.75. The fraction of sp³-hybridized carbons (Fsp3) is 0.500. The molecule has 3 rings (SSSR count). The van der Waals surface area contributed by atoms with Crippen molar-refractivity contribution in [3.05, 3.63) is 24.3 Å². The van der Waals surface area contributed by atoms with Gasteiger partial charge in [-0.05, 0) is 31.4 Å². The Balaban J connectivity index is 1.99. The second-order valence-corrected chi connectivity index (χ2v) is 4.12. The number of anilines is 1. The maximum atomic E-state index is 5.75. The first-order valence-corrected chi connectivity index (χ1v) is 5.43. The summed E-state index contributed by atoms with van der Waals surface area (Å²) in [6.07, 6.45) is 3.96. The Morgan fingerprint density at radius 2 is 2.14 bits per heavy atom. The van der Waals surface area contributed by atoms with Crippen LogP contribution in [0.1, 0.15) is 19.3 Å². The summed E-state index contributed by atoms with van der Waals surface area (Å²) in [6, 6.07) is 9.01. The highest BCUT2D eigenvalue weighted by Gasteiger charge is 2.28. The van der Waals surface area contributed by atoms with Crippen LogP contribution in [-0.2, 0) is 0 Å². The molecule has 74 valence electrons. The van der Waals surface area contributed by atoms with E-state index in [1.807, 2.05) is 6.07 Å². The predicted molar refractivity (Wildman–Crippen MR) is 56.9 cm³/mol. The van der Waals surface area contributed by atoms with Crippen molar-refractivity contribution >= 4 is 5.69 Å². The third-order valence-electron chi connectivity index (χ3n) is 3.23. The van der Waals surface area contributed by atoms with Crippen LogP contribution >= 0.6 is 0 Å². The smallest absolute Gasteiger partial charge is 0.142 e. The molecule has 0 N–H and O–H groups in total. The summed E-state index contributed by atoms with van der Waals surface area (Å²) in [5.41, 5.74) is 1.29. The van der Waals surface area contributed by atoms with Gasteiger partial charge in [-0.15, -0.1) is 0 Å². The van der Waals surface area contributed by atoms with Crippen molar-refractivity contribution in [2.45, 2.75) is 25.3 Å². The van der Waals surface area contributed by atoms with Crippen LogP contribution in [0.5, 0.6) is 5.75 Å². The molecule has 0 aliphatic carbocycles.